The van der Waals surface area contributed by atoms with Gasteiger partial charge in [-0.1, -0.05) is 18.2 Å². The second-order valence-corrected chi connectivity index (χ2v) is 9.98. The molecule has 170 valence electrons. The number of nitrogens with one attached hydrogen (secondary N) is 1. The summed E-state index contributed by atoms with van der Waals surface area (Å²) < 4.78 is 32.7. The van der Waals surface area contributed by atoms with Gasteiger partial charge < -0.3 is 10.1 Å². The van der Waals surface area contributed by atoms with Gasteiger partial charge in [-0.2, -0.15) is 4.31 Å². The van der Waals surface area contributed by atoms with E-state index in [9.17, 15) is 18.0 Å². The first-order chi connectivity index (χ1) is 15.3. The third-order valence-electron chi connectivity index (χ3n) is 6.03. The van der Waals surface area contributed by atoms with E-state index in [4.69, 9.17) is 4.74 Å². The van der Waals surface area contributed by atoms with E-state index in [1.807, 2.05) is 24.3 Å². The third-order valence-corrected chi connectivity index (χ3v) is 7.92. The highest BCUT2D eigenvalue weighted by Gasteiger charge is 2.38. The van der Waals surface area contributed by atoms with Gasteiger partial charge in [0.15, 0.2) is 0 Å². The Hall–Kier alpha value is -2.91. The Morgan fingerprint density at radius 3 is 2.53 bits per heavy atom. The standard InChI is InChI=1S/C23H27N3O5S/c1-16(27)26-20-10-9-19(32(29,30)25-11-5-6-12-25)13-18(20)14-21(26)23(28)24-15-17-7-3-4-8-22(17)31-2/h3-4,7-10,13,21H,5-6,11-12,14-15H2,1-2H3,(H,24,28)/t21-/m1/s1. The van der Waals surface area contributed by atoms with E-state index in [1.165, 1.54) is 22.2 Å². The maximum Gasteiger partial charge on any atom is 0.243 e. The van der Waals surface area contributed by atoms with Gasteiger partial charge in [0.05, 0.1) is 12.0 Å². The predicted octanol–water partition coefficient (Wildman–Crippen LogP) is 2.07. The number of nitrogens with zero attached hydrogens (tertiary/aromatic N) is 2. The van der Waals surface area contributed by atoms with Crippen LogP contribution in [0.3, 0.4) is 0 Å². The molecule has 1 atom stereocenters. The first-order valence-corrected chi connectivity index (χ1v) is 12.1. The van der Waals surface area contributed by atoms with Gasteiger partial charge in [-0.05, 0) is 42.7 Å². The Morgan fingerprint density at radius 2 is 1.84 bits per heavy atom. The molecule has 32 heavy (non-hydrogen) atoms. The fourth-order valence-electron chi connectivity index (χ4n) is 4.41. The lowest BCUT2D eigenvalue weighted by Gasteiger charge is -2.23. The molecule has 0 aliphatic carbocycles. The van der Waals surface area contributed by atoms with Crippen LogP contribution in [0, 0.1) is 0 Å². The molecule has 1 N–H and O–H groups in total. The highest BCUT2D eigenvalue weighted by atomic mass is 32.2. The minimum atomic E-state index is -3.57. The zero-order chi connectivity index (χ0) is 22.9. The molecular formula is C23H27N3O5S. The van der Waals surface area contributed by atoms with E-state index < -0.39 is 16.1 Å². The van der Waals surface area contributed by atoms with E-state index in [-0.39, 0.29) is 29.7 Å². The SMILES string of the molecule is COc1ccccc1CNC(=O)[C@H]1Cc2cc(S(=O)(=O)N3CCCC3)ccc2N1C(C)=O. The van der Waals surface area contributed by atoms with Gasteiger partial charge in [-0.25, -0.2) is 8.42 Å². The molecule has 1 saturated heterocycles. The second-order valence-electron chi connectivity index (χ2n) is 8.04. The molecule has 0 unspecified atom stereocenters. The van der Waals surface area contributed by atoms with E-state index in [0.717, 1.165) is 18.4 Å². The number of sulfonamides is 1. The minimum Gasteiger partial charge on any atom is -0.496 e. The highest BCUT2D eigenvalue weighted by Crippen LogP contribution is 2.35. The smallest absolute Gasteiger partial charge is 0.243 e. The van der Waals surface area contributed by atoms with Crippen LogP contribution in [0.2, 0.25) is 0 Å². The van der Waals surface area contributed by atoms with Crippen LogP contribution in [0.25, 0.3) is 0 Å². The Morgan fingerprint density at radius 1 is 1.12 bits per heavy atom. The first-order valence-electron chi connectivity index (χ1n) is 10.7. The van der Waals surface area contributed by atoms with Crippen molar-refractivity contribution in [3.8, 4) is 5.75 Å². The average molecular weight is 458 g/mol. The Kier molecular flexibility index (Phi) is 6.21. The van der Waals surface area contributed by atoms with Gasteiger partial charge in [-0.3, -0.25) is 14.5 Å². The molecule has 0 radical (unpaired) electrons. The highest BCUT2D eigenvalue weighted by molar-refractivity contribution is 7.89. The fourth-order valence-corrected chi connectivity index (χ4v) is 5.98. The van der Waals surface area contributed by atoms with Gasteiger partial charge in [0, 0.05) is 44.2 Å². The lowest BCUT2D eigenvalue weighted by Crippen LogP contribution is -2.47. The van der Waals surface area contributed by atoms with E-state index >= 15 is 0 Å². The molecule has 2 heterocycles. The summed E-state index contributed by atoms with van der Waals surface area (Å²) in [6.07, 6.45) is 1.98. The summed E-state index contributed by atoms with van der Waals surface area (Å²) in [5.74, 6) is 0.102. The van der Waals surface area contributed by atoms with Gasteiger partial charge in [0.1, 0.15) is 11.8 Å². The van der Waals surface area contributed by atoms with Gasteiger partial charge in [0.2, 0.25) is 21.8 Å². The molecule has 2 aromatic rings. The molecule has 2 amide bonds. The van der Waals surface area contributed by atoms with E-state index in [0.29, 0.717) is 30.1 Å². The number of para-hydroxylation sites is 1. The number of carbonyl (C=O) groups excluding carboxylic acids is 2. The molecule has 0 saturated carbocycles. The quantitative estimate of drug-likeness (QED) is 0.717. The van der Waals surface area contributed by atoms with Crippen LogP contribution in [-0.2, 0) is 32.6 Å². The van der Waals surface area contributed by atoms with E-state index in [2.05, 4.69) is 5.32 Å². The average Bonchev–Trinajstić information content (AvgIpc) is 3.45. The normalized spacial score (nSPS) is 18.4. The Balaban J connectivity index is 1.55. The summed E-state index contributed by atoms with van der Waals surface area (Å²) >= 11 is 0. The lowest BCUT2D eigenvalue weighted by atomic mass is 10.1. The van der Waals surface area contributed by atoms with Crippen molar-refractivity contribution in [3.05, 3.63) is 53.6 Å². The van der Waals surface area contributed by atoms with Crippen LogP contribution >= 0.6 is 0 Å². The molecule has 9 heteroatoms. The number of hydrogen-bond donors (Lipinski definition) is 1. The number of fused-ring (bicyclic) bond motifs is 1. The molecule has 0 bridgehead atoms. The van der Waals surface area contributed by atoms with Crippen LogP contribution in [0.5, 0.6) is 5.75 Å². The lowest BCUT2D eigenvalue weighted by molar-refractivity contribution is -0.125. The van der Waals surface area contributed by atoms with Gasteiger partial charge in [0.25, 0.3) is 0 Å². The summed E-state index contributed by atoms with van der Waals surface area (Å²) in [6, 6.07) is 11.4. The summed E-state index contributed by atoms with van der Waals surface area (Å²) in [7, 11) is -2.01. The summed E-state index contributed by atoms with van der Waals surface area (Å²) in [4.78, 5) is 27.1. The van der Waals surface area contributed by atoms with Crippen molar-refractivity contribution in [2.24, 2.45) is 0 Å². The van der Waals surface area contributed by atoms with Crippen LogP contribution in [0.15, 0.2) is 47.4 Å². The minimum absolute atomic E-state index is 0.205. The number of carbonyl (C=O) groups is 2. The van der Waals surface area contributed by atoms with Crippen LogP contribution in [0.4, 0.5) is 5.69 Å². The number of anilines is 1. The molecule has 0 spiro atoms. The number of hydrogen-bond acceptors (Lipinski definition) is 5. The molecule has 1 fully saturated rings. The first kappa shape index (κ1) is 22.3. The van der Waals surface area contributed by atoms with Crippen molar-refractivity contribution in [2.75, 3.05) is 25.1 Å². The van der Waals surface area contributed by atoms with Crippen LogP contribution in [-0.4, -0.2) is 50.8 Å². The summed E-state index contributed by atoms with van der Waals surface area (Å²) in [6.45, 7) is 2.71. The number of methoxy groups -OCH3 is 1. The van der Waals surface area contributed by atoms with Crippen molar-refractivity contribution >= 4 is 27.5 Å². The number of amides is 2. The van der Waals surface area contributed by atoms with Gasteiger partial charge >= 0.3 is 0 Å². The molecule has 4 rings (SSSR count). The molecule has 8 nitrogen and oxygen atoms in total. The fraction of sp³-hybridized carbons (Fsp3) is 0.391. The van der Waals surface area contributed by atoms with Crippen molar-refractivity contribution in [3.63, 3.8) is 0 Å². The largest absolute Gasteiger partial charge is 0.496 e. The van der Waals surface area contributed by atoms with Crippen molar-refractivity contribution in [1.29, 1.82) is 0 Å². The van der Waals surface area contributed by atoms with E-state index in [1.54, 1.807) is 19.2 Å². The zero-order valence-electron chi connectivity index (χ0n) is 18.2. The zero-order valence-corrected chi connectivity index (χ0v) is 19.0. The van der Waals surface area contributed by atoms with Crippen LogP contribution < -0.4 is 15.0 Å². The Labute approximate surface area is 188 Å². The predicted molar refractivity (Wildman–Crippen MR) is 120 cm³/mol. The number of benzene rings is 2. The molecule has 2 aliphatic rings. The molecule has 2 aromatic carbocycles. The summed E-state index contributed by atoms with van der Waals surface area (Å²) in [5, 5.41) is 2.89. The maximum absolute atomic E-state index is 13.0. The second kappa shape index (κ2) is 8.91. The van der Waals surface area contributed by atoms with Crippen LogP contribution in [0.1, 0.15) is 30.9 Å². The molecular weight excluding hydrogens is 430 g/mol. The third kappa shape index (κ3) is 4.10. The topological polar surface area (TPSA) is 96.0 Å². The van der Waals surface area contributed by atoms with Crippen molar-refractivity contribution in [2.45, 2.75) is 43.7 Å². The number of rotatable bonds is 6. The Bertz CT molecular complexity index is 1140. The van der Waals surface area contributed by atoms with Crippen molar-refractivity contribution in [1.82, 2.24) is 9.62 Å². The molecule has 0 aromatic heterocycles. The number of ether oxygens (including phenoxy) is 1. The van der Waals surface area contributed by atoms with Gasteiger partial charge in [-0.15, -0.1) is 0 Å². The van der Waals surface area contributed by atoms with Crippen molar-refractivity contribution < 1.29 is 22.7 Å². The maximum atomic E-state index is 13.0. The molecule has 2 aliphatic heterocycles. The summed E-state index contributed by atoms with van der Waals surface area (Å²) in [5.41, 5.74) is 2.08. The monoisotopic (exact) mass is 457 g/mol.